The molecule has 1 aromatic carbocycles. The van der Waals surface area contributed by atoms with Gasteiger partial charge in [-0.15, -0.1) is 0 Å². The summed E-state index contributed by atoms with van der Waals surface area (Å²) in [5.74, 6) is -0.412. The quantitative estimate of drug-likeness (QED) is 0.863. The molecule has 0 saturated heterocycles. The molecule has 0 saturated carbocycles. The fourth-order valence-corrected chi connectivity index (χ4v) is 2.70. The van der Waals surface area contributed by atoms with Gasteiger partial charge in [0.1, 0.15) is 11.9 Å². The molecule has 0 amide bonds. The van der Waals surface area contributed by atoms with E-state index in [1.54, 1.807) is 0 Å². The smallest absolute Gasteiger partial charge is 0.310 e. The number of rotatable bonds is 1. The monoisotopic (exact) mass is 284 g/mol. The van der Waals surface area contributed by atoms with Gasteiger partial charge in [-0.05, 0) is 43.5 Å². The number of ether oxygens (including phenoxy) is 1. The molecule has 16 heavy (non-hydrogen) atoms. The number of halogens is 1. The lowest BCUT2D eigenvalue weighted by atomic mass is 9.90. The van der Waals surface area contributed by atoms with Gasteiger partial charge in [0.15, 0.2) is 0 Å². The molecule has 1 aliphatic heterocycles. The van der Waals surface area contributed by atoms with Gasteiger partial charge in [-0.2, -0.15) is 0 Å². The molecule has 0 radical (unpaired) electrons. The Morgan fingerprint density at radius 1 is 1.56 bits per heavy atom. The second kappa shape index (κ2) is 4.09. The molecule has 1 N–H and O–H groups in total. The van der Waals surface area contributed by atoms with Gasteiger partial charge in [0, 0.05) is 4.47 Å². The summed E-state index contributed by atoms with van der Waals surface area (Å²) >= 11 is 3.41. The molecule has 0 bridgehead atoms. The van der Waals surface area contributed by atoms with Crippen molar-refractivity contribution < 1.29 is 14.6 Å². The minimum Gasteiger partial charge on any atom is -0.489 e. The summed E-state index contributed by atoms with van der Waals surface area (Å²) in [6.45, 7) is 3.78. The minimum atomic E-state index is -0.796. The van der Waals surface area contributed by atoms with Crippen LogP contribution in [0.3, 0.4) is 0 Å². The number of hydrogen-bond donors (Lipinski definition) is 1. The zero-order chi connectivity index (χ0) is 11.9. The van der Waals surface area contributed by atoms with Gasteiger partial charge in [0.05, 0.1) is 5.92 Å². The van der Waals surface area contributed by atoms with Crippen molar-refractivity contribution in [3.05, 3.63) is 27.7 Å². The van der Waals surface area contributed by atoms with E-state index in [1.165, 1.54) is 0 Å². The lowest BCUT2D eigenvalue weighted by Crippen LogP contribution is -2.36. The summed E-state index contributed by atoms with van der Waals surface area (Å²) in [6.07, 6.45) is 0.261. The molecule has 1 heterocycles. The standard InChI is InChI=1S/C12H13BrO3/c1-6-3-9(13)4-8-5-10(12(14)15)7(2)16-11(6)8/h3-4,7,10H,5H2,1-2H3,(H,14,15). The number of carboxylic acid groups (broad SMARTS) is 1. The number of fused-ring (bicyclic) bond motifs is 1. The molecule has 3 nitrogen and oxygen atoms in total. The van der Waals surface area contributed by atoms with E-state index in [4.69, 9.17) is 9.84 Å². The lowest BCUT2D eigenvalue weighted by molar-refractivity contribution is -0.145. The van der Waals surface area contributed by atoms with Crippen LogP contribution in [0.4, 0.5) is 0 Å². The van der Waals surface area contributed by atoms with E-state index in [2.05, 4.69) is 15.9 Å². The highest BCUT2D eigenvalue weighted by Crippen LogP contribution is 2.36. The van der Waals surface area contributed by atoms with Crippen LogP contribution in [0, 0.1) is 12.8 Å². The second-order valence-electron chi connectivity index (χ2n) is 4.18. The number of aliphatic carboxylic acids is 1. The predicted molar refractivity (Wildman–Crippen MR) is 63.8 cm³/mol. The normalized spacial score (nSPS) is 23.4. The molecule has 0 aliphatic carbocycles. The molecule has 4 heteroatoms. The summed E-state index contributed by atoms with van der Waals surface area (Å²) in [5.41, 5.74) is 2.01. The molecule has 1 aromatic rings. The number of carboxylic acids is 1. The van der Waals surface area contributed by atoms with Crippen LogP contribution in [-0.2, 0) is 11.2 Å². The van der Waals surface area contributed by atoms with Gasteiger partial charge in [0.2, 0.25) is 0 Å². The highest BCUT2D eigenvalue weighted by molar-refractivity contribution is 9.10. The van der Waals surface area contributed by atoms with Crippen molar-refractivity contribution in [1.82, 2.24) is 0 Å². The first kappa shape index (κ1) is 11.5. The Labute approximate surface area is 103 Å². The van der Waals surface area contributed by atoms with Gasteiger partial charge in [-0.3, -0.25) is 4.79 Å². The molecule has 2 unspecified atom stereocenters. The average molecular weight is 285 g/mol. The number of carbonyl (C=O) groups is 1. The highest BCUT2D eigenvalue weighted by Gasteiger charge is 2.32. The fourth-order valence-electron chi connectivity index (χ4n) is 2.08. The Hall–Kier alpha value is -1.03. The number of hydrogen-bond acceptors (Lipinski definition) is 2. The van der Waals surface area contributed by atoms with Crippen molar-refractivity contribution in [2.24, 2.45) is 5.92 Å². The summed E-state index contributed by atoms with van der Waals surface area (Å²) < 4.78 is 6.65. The molecule has 2 rings (SSSR count). The van der Waals surface area contributed by atoms with Gasteiger partial charge < -0.3 is 9.84 Å². The van der Waals surface area contributed by atoms with Crippen molar-refractivity contribution in [2.75, 3.05) is 0 Å². The van der Waals surface area contributed by atoms with E-state index in [0.717, 1.165) is 21.3 Å². The third-order valence-electron chi connectivity index (χ3n) is 2.94. The van der Waals surface area contributed by atoms with Crippen LogP contribution < -0.4 is 4.74 Å². The molecule has 0 spiro atoms. The Bertz CT molecular complexity index is 442. The lowest BCUT2D eigenvalue weighted by Gasteiger charge is -2.30. The van der Waals surface area contributed by atoms with E-state index in [0.29, 0.717) is 6.42 Å². The van der Waals surface area contributed by atoms with Crippen LogP contribution in [-0.4, -0.2) is 17.2 Å². The zero-order valence-corrected chi connectivity index (χ0v) is 10.7. The molecular formula is C12H13BrO3. The first-order valence-electron chi connectivity index (χ1n) is 5.17. The molecule has 1 aliphatic rings. The van der Waals surface area contributed by atoms with E-state index < -0.39 is 11.9 Å². The summed E-state index contributed by atoms with van der Waals surface area (Å²) in [7, 11) is 0. The van der Waals surface area contributed by atoms with Crippen molar-refractivity contribution >= 4 is 21.9 Å². The number of benzene rings is 1. The van der Waals surface area contributed by atoms with Crippen molar-refractivity contribution in [1.29, 1.82) is 0 Å². The molecule has 2 atom stereocenters. The predicted octanol–water partition coefficient (Wildman–Crippen LogP) is 2.78. The maximum Gasteiger partial charge on any atom is 0.310 e. The van der Waals surface area contributed by atoms with Gasteiger partial charge >= 0.3 is 5.97 Å². The third kappa shape index (κ3) is 1.94. The minimum absolute atomic E-state index is 0.273. The van der Waals surface area contributed by atoms with E-state index in [1.807, 2.05) is 26.0 Å². The number of aryl methyl sites for hydroxylation is 1. The summed E-state index contributed by atoms with van der Waals surface area (Å²) in [5, 5.41) is 9.08. The molecule has 0 fully saturated rings. The maximum atomic E-state index is 11.1. The molecular weight excluding hydrogens is 272 g/mol. The first-order valence-corrected chi connectivity index (χ1v) is 5.97. The maximum absolute atomic E-state index is 11.1. The van der Waals surface area contributed by atoms with Crippen LogP contribution in [0.5, 0.6) is 5.75 Å². The van der Waals surface area contributed by atoms with Crippen molar-refractivity contribution in [2.45, 2.75) is 26.4 Å². The van der Waals surface area contributed by atoms with Crippen molar-refractivity contribution in [3.8, 4) is 5.75 Å². The van der Waals surface area contributed by atoms with Crippen LogP contribution in [0.25, 0.3) is 0 Å². The fraction of sp³-hybridized carbons (Fsp3) is 0.417. The van der Waals surface area contributed by atoms with Crippen LogP contribution >= 0.6 is 15.9 Å². The first-order chi connectivity index (χ1) is 7.49. The van der Waals surface area contributed by atoms with Crippen LogP contribution in [0.1, 0.15) is 18.1 Å². The Morgan fingerprint density at radius 2 is 2.25 bits per heavy atom. The Morgan fingerprint density at radius 3 is 2.88 bits per heavy atom. The van der Waals surface area contributed by atoms with E-state index in [9.17, 15) is 4.79 Å². The highest BCUT2D eigenvalue weighted by atomic mass is 79.9. The molecule has 86 valence electrons. The SMILES string of the molecule is Cc1cc(Br)cc2c1OC(C)C(C(=O)O)C2. The van der Waals surface area contributed by atoms with Gasteiger partial charge in [0.25, 0.3) is 0 Å². The Kier molecular flexibility index (Phi) is 2.93. The second-order valence-corrected chi connectivity index (χ2v) is 5.10. The Balaban J connectivity index is 2.43. The van der Waals surface area contributed by atoms with E-state index in [-0.39, 0.29) is 6.10 Å². The van der Waals surface area contributed by atoms with Gasteiger partial charge in [-0.1, -0.05) is 15.9 Å². The molecule has 0 aromatic heterocycles. The topological polar surface area (TPSA) is 46.5 Å². The van der Waals surface area contributed by atoms with Crippen LogP contribution in [0.2, 0.25) is 0 Å². The summed E-state index contributed by atoms with van der Waals surface area (Å²) in [6, 6.07) is 3.91. The average Bonchev–Trinajstić information content (AvgIpc) is 2.18. The third-order valence-corrected chi connectivity index (χ3v) is 3.40. The zero-order valence-electron chi connectivity index (χ0n) is 9.16. The van der Waals surface area contributed by atoms with E-state index >= 15 is 0 Å². The van der Waals surface area contributed by atoms with Gasteiger partial charge in [-0.25, -0.2) is 0 Å². The largest absolute Gasteiger partial charge is 0.489 e. The van der Waals surface area contributed by atoms with Crippen LogP contribution in [0.15, 0.2) is 16.6 Å². The van der Waals surface area contributed by atoms with Crippen molar-refractivity contribution in [3.63, 3.8) is 0 Å². The summed E-state index contributed by atoms with van der Waals surface area (Å²) in [4.78, 5) is 11.1.